The van der Waals surface area contributed by atoms with Gasteiger partial charge in [0.15, 0.2) is 0 Å². The molecule has 2 unspecified atom stereocenters. The molecule has 1 aliphatic carbocycles. The predicted molar refractivity (Wildman–Crippen MR) is 64.9 cm³/mol. The lowest BCUT2D eigenvalue weighted by atomic mass is 9.92. The van der Waals surface area contributed by atoms with Crippen LogP contribution >= 0.6 is 0 Å². The Morgan fingerprint density at radius 3 is 2.67 bits per heavy atom. The molecule has 2 N–H and O–H groups in total. The first-order valence-electron chi connectivity index (χ1n) is 6.60. The molecule has 0 aromatic heterocycles. The summed E-state index contributed by atoms with van der Waals surface area (Å²) in [6.45, 7) is 5.85. The van der Waals surface area contributed by atoms with Crippen LogP contribution in [0.4, 0.5) is 0 Å². The average Bonchev–Trinajstić information content (AvgIpc) is 2.44. The molecule has 0 spiro atoms. The summed E-state index contributed by atoms with van der Waals surface area (Å²) in [6.07, 6.45) is 9.01. The third-order valence-corrected chi connectivity index (χ3v) is 3.77. The SMILES string of the molecule is CCCC1CCCC(CN)(OCC)CC1. The summed E-state index contributed by atoms with van der Waals surface area (Å²) in [6, 6.07) is 0. The monoisotopic (exact) mass is 213 g/mol. The third kappa shape index (κ3) is 3.76. The van der Waals surface area contributed by atoms with E-state index in [1.165, 1.54) is 38.5 Å². The van der Waals surface area contributed by atoms with Gasteiger partial charge in [-0.15, -0.1) is 0 Å². The highest BCUT2D eigenvalue weighted by Crippen LogP contribution is 2.34. The summed E-state index contributed by atoms with van der Waals surface area (Å²) in [7, 11) is 0. The lowest BCUT2D eigenvalue weighted by molar-refractivity contribution is -0.0436. The van der Waals surface area contributed by atoms with E-state index in [9.17, 15) is 0 Å². The smallest absolute Gasteiger partial charge is 0.0804 e. The second-order valence-corrected chi connectivity index (χ2v) is 4.91. The lowest BCUT2D eigenvalue weighted by Crippen LogP contribution is -2.40. The average molecular weight is 213 g/mol. The topological polar surface area (TPSA) is 35.2 Å². The van der Waals surface area contributed by atoms with Gasteiger partial charge >= 0.3 is 0 Å². The largest absolute Gasteiger partial charge is 0.374 e. The molecule has 2 heteroatoms. The van der Waals surface area contributed by atoms with Crippen molar-refractivity contribution in [1.82, 2.24) is 0 Å². The minimum absolute atomic E-state index is 0.0112. The van der Waals surface area contributed by atoms with E-state index in [0.717, 1.165) is 18.9 Å². The van der Waals surface area contributed by atoms with Crippen LogP contribution in [0.15, 0.2) is 0 Å². The molecule has 0 bridgehead atoms. The number of hydrogen-bond acceptors (Lipinski definition) is 2. The Morgan fingerprint density at radius 2 is 2.07 bits per heavy atom. The third-order valence-electron chi connectivity index (χ3n) is 3.77. The van der Waals surface area contributed by atoms with Gasteiger partial charge < -0.3 is 10.5 Å². The zero-order chi connectivity index (χ0) is 11.1. The summed E-state index contributed by atoms with van der Waals surface area (Å²) in [5.41, 5.74) is 5.90. The van der Waals surface area contributed by atoms with Crippen LogP contribution in [0.25, 0.3) is 0 Å². The van der Waals surface area contributed by atoms with E-state index >= 15 is 0 Å². The van der Waals surface area contributed by atoms with Crippen LogP contribution in [0.1, 0.15) is 58.8 Å². The van der Waals surface area contributed by atoms with Crippen LogP contribution in [0.5, 0.6) is 0 Å². The fourth-order valence-corrected chi connectivity index (χ4v) is 2.86. The van der Waals surface area contributed by atoms with Gasteiger partial charge in [0.25, 0.3) is 0 Å². The van der Waals surface area contributed by atoms with Crippen molar-refractivity contribution >= 4 is 0 Å². The van der Waals surface area contributed by atoms with Gasteiger partial charge in [0, 0.05) is 13.2 Å². The quantitative estimate of drug-likeness (QED) is 0.712. The summed E-state index contributed by atoms with van der Waals surface area (Å²) in [5, 5.41) is 0. The van der Waals surface area contributed by atoms with Crippen molar-refractivity contribution in [2.45, 2.75) is 64.4 Å². The molecular weight excluding hydrogens is 186 g/mol. The lowest BCUT2D eigenvalue weighted by Gasteiger charge is -2.31. The number of nitrogens with two attached hydrogens (primary N) is 1. The van der Waals surface area contributed by atoms with Crippen molar-refractivity contribution < 1.29 is 4.74 Å². The molecule has 0 aromatic carbocycles. The zero-order valence-electron chi connectivity index (χ0n) is 10.4. The van der Waals surface area contributed by atoms with Crippen LogP contribution < -0.4 is 5.73 Å². The Balaban J connectivity index is 2.48. The van der Waals surface area contributed by atoms with E-state index in [-0.39, 0.29) is 5.60 Å². The minimum Gasteiger partial charge on any atom is -0.374 e. The van der Waals surface area contributed by atoms with Crippen molar-refractivity contribution in [3.8, 4) is 0 Å². The molecule has 90 valence electrons. The van der Waals surface area contributed by atoms with Gasteiger partial charge in [-0.25, -0.2) is 0 Å². The summed E-state index contributed by atoms with van der Waals surface area (Å²) >= 11 is 0. The van der Waals surface area contributed by atoms with Gasteiger partial charge in [0.2, 0.25) is 0 Å². The van der Waals surface area contributed by atoms with E-state index in [2.05, 4.69) is 13.8 Å². The first-order valence-corrected chi connectivity index (χ1v) is 6.60. The molecule has 1 aliphatic rings. The number of hydrogen-bond donors (Lipinski definition) is 1. The molecule has 0 aliphatic heterocycles. The molecule has 0 aromatic rings. The summed E-state index contributed by atoms with van der Waals surface area (Å²) in [4.78, 5) is 0. The van der Waals surface area contributed by atoms with Crippen LogP contribution in [0.2, 0.25) is 0 Å². The van der Waals surface area contributed by atoms with Crippen LogP contribution in [-0.4, -0.2) is 18.8 Å². The molecule has 1 saturated carbocycles. The van der Waals surface area contributed by atoms with Gasteiger partial charge in [-0.2, -0.15) is 0 Å². The Morgan fingerprint density at radius 1 is 1.27 bits per heavy atom. The fourth-order valence-electron chi connectivity index (χ4n) is 2.86. The maximum Gasteiger partial charge on any atom is 0.0804 e. The highest BCUT2D eigenvalue weighted by Gasteiger charge is 2.32. The maximum absolute atomic E-state index is 5.90. The van der Waals surface area contributed by atoms with Crippen LogP contribution in [-0.2, 0) is 4.74 Å². The Hall–Kier alpha value is -0.0800. The van der Waals surface area contributed by atoms with E-state index in [0.29, 0.717) is 6.54 Å². The zero-order valence-corrected chi connectivity index (χ0v) is 10.4. The molecule has 2 atom stereocenters. The van der Waals surface area contributed by atoms with Crippen molar-refractivity contribution in [3.05, 3.63) is 0 Å². The van der Waals surface area contributed by atoms with Crippen molar-refractivity contribution in [1.29, 1.82) is 0 Å². The van der Waals surface area contributed by atoms with E-state index in [1.807, 2.05) is 0 Å². The van der Waals surface area contributed by atoms with E-state index in [1.54, 1.807) is 0 Å². The van der Waals surface area contributed by atoms with Gasteiger partial charge in [-0.1, -0.05) is 32.6 Å². The predicted octanol–water partition coefficient (Wildman–Crippen LogP) is 3.10. The van der Waals surface area contributed by atoms with E-state index in [4.69, 9.17) is 10.5 Å². The summed E-state index contributed by atoms with van der Waals surface area (Å²) in [5.74, 6) is 0.920. The molecule has 0 heterocycles. The molecular formula is C13H27NO. The van der Waals surface area contributed by atoms with Crippen LogP contribution in [0.3, 0.4) is 0 Å². The fraction of sp³-hybridized carbons (Fsp3) is 1.00. The van der Waals surface area contributed by atoms with Crippen molar-refractivity contribution in [2.24, 2.45) is 11.7 Å². The highest BCUT2D eigenvalue weighted by molar-refractivity contribution is 4.86. The molecule has 15 heavy (non-hydrogen) atoms. The number of ether oxygens (including phenoxy) is 1. The van der Waals surface area contributed by atoms with Gasteiger partial charge in [-0.3, -0.25) is 0 Å². The first kappa shape index (κ1) is 13.0. The van der Waals surface area contributed by atoms with E-state index < -0.39 is 0 Å². The molecule has 0 radical (unpaired) electrons. The first-order chi connectivity index (χ1) is 7.26. The van der Waals surface area contributed by atoms with Crippen molar-refractivity contribution in [2.75, 3.05) is 13.2 Å². The summed E-state index contributed by atoms with van der Waals surface area (Å²) < 4.78 is 5.90. The van der Waals surface area contributed by atoms with Crippen LogP contribution in [0, 0.1) is 5.92 Å². The maximum atomic E-state index is 5.90. The Labute approximate surface area is 94.6 Å². The van der Waals surface area contributed by atoms with Gasteiger partial charge in [0.1, 0.15) is 0 Å². The van der Waals surface area contributed by atoms with Gasteiger partial charge in [-0.05, 0) is 32.1 Å². The van der Waals surface area contributed by atoms with Crippen molar-refractivity contribution in [3.63, 3.8) is 0 Å². The minimum atomic E-state index is 0.0112. The molecule has 0 saturated heterocycles. The Bertz CT molecular complexity index is 172. The standard InChI is InChI=1S/C13H27NO/c1-3-6-12-7-5-9-13(11-14,10-8-12)15-4-2/h12H,3-11,14H2,1-2H3. The molecule has 1 rings (SSSR count). The number of rotatable bonds is 5. The Kier molecular flexibility index (Phi) is 5.62. The molecule has 2 nitrogen and oxygen atoms in total. The molecule has 1 fully saturated rings. The molecule has 0 amide bonds. The second kappa shape index (κ2) is 6.49. The highest BCUT2D eigenvalue weighted by atomic mass is 16.5. The normalized spacial score (nSPS) is 32.6. The van der Waals surface area contributed by atoms with Gasteiger partial charge in [0.05, 0.1) is 5.60 Å². The second-order valence-electron chi connectivity index (χ2n) is 4.91.